The quantitative estimate of drug-likeness (QED) is 0.814. The van der Waals surface area contributed by atoms with Gasteiger partial charge in [0, 0.05) is 25.0 Å². The zero-order valence-corrected chi connectivity index (χ0v) is 14.2. The van der Waals surface area contributed by atoms with Crippen LogP contribution in [0.2, 0.25) is 10.0 Å². The molecule has 1 aromatic carbocycles. The molecule has 1 amide bonds. The Morgan fingerprint density at radius 2 is 2.12 bits per heavy atom. The van der Waals surface area contributed by atoms with Crippen LogP contribution < -0.4 is 4.74 Å². The summed E-state index contributed by atoms with van der Waals surface area (Å²) in [6.07, 6.45) is 4.57. The Morgan fingerprint density at radius 3 is 2.88 bits per heavy atom. The van der Waals surface area contributed by atoms with Gasteiger partial charge in [-0.1, -0.05) is 23.2 Å². The lowest BCUT2D eigenvalue weighted by molar-refractivity contribution is 0.0538. The fraction of sp³-hybridized carbons (Fsp3) is 0.294. The molecule has 3 rings (SSSR count). The van der Waals surface area contributed by atoms with Gasteiger partial charge < -0.3 is 9.64 Å². The molecule has 1 aliphatic rings. The maximum Gasteiger partial charge on any atom is 0.255 e. The number of carbonyl (C=O) groups is 1. The van der Waals surface area contributed by atoms with Crippen molar-refractivity contribution >= 4 is 29.1 Å². The second kappa shape index (κ2) is 7.36. The molecule has 1 saturated heterocycles. The number of nitrogens with zero attached hydrogens (tertiary/aromatic N) is 2. The minimum absolute atomic E-state index is 0.111. The molecule has 2 heterocycles. The second-order valence-electron chi connectivity index (χ2n) is 5.56. The van der Waals surface area contributed by atoms with Gasteiger partial charge in [-0.25, -0.2) is 4.39 Å². The Morgan fingerprint density at radius 1 is 1.29 bits per heavy atom. The van der Waals surface area contributed by atoms with Crippen molar-refractivity contribution in [2.45, 2.75) is 18.9 Å². The maximum absolute atomic E-state index is 13.1. The summed E-state index contributed by atoms with van der Waals surface area (Å²) in [6, 6.07) is 5.47. The Labute approximate surface area is 149 Å². The fourth-order valence-corrected chi connectivity index (χ4v) is 3.10. The molecule has 1 aliphatic heterocycles. The third-order valence-corrected chi connectivity index (χ3v) is 4.45. The van der Waals surface area contributed by atoms with Crippen molar-refractivity contribution < 1.29 is 13.9 Å². The first kappa shape index (κ1) is 17.0. The van der Waals surface area contributed by atoms with E-state index in [4.69, 9.17) is 27.9 Å². The van der Waals surface area contributed by atoms with Gasteiger partial charge in [0.05, 0.1) is 17.1 Å². The zero-order chi connectivity index (χ0) is 17.1. The first-order valence-electron chi connectivity index (χ1n) is 7.55. The van der Waals surface area contributed by atoms with E-state index in [0.717, 1.165) is 18.9 Å². The van der Waals surface area contributed by atoms with E-state index in [2.05, 4.69) is 4.98 Å². The van der Waals surface area contributed by atoms with E-state index < -0.39 is 5.82 Å². The summed E-state index contributed by atoms with van der Waals surface area (Å²) >= 11 is 12.0. The van der Waals surface area contributed by atoms with Crippen molar-refractivity contribution in [3.05, 3.63) is 58.1 Å². The molecule has 0 spiro atoms. The summed E-state index contributed by atoms with van der Waals surface area (Å²) in [5.41, 5.74) is 0.292. The number of hydrogen-bond acceptors (Lipinski definition) is 3. The van der Waals surface area contributed by atoms with Crippen LogP contribution >= 0.6 is 23.2 Å². The largest absolute Gasteiger partial charge is 0.487 e. The second-order valence-corrected chi connectivity index (χ2v) is 6.38. The van der Waals surface area contributed by atoms with Crippen molar-refractivity contribution in [2.75, 3.05) is 13.1 Å². The van der Waals surface area contributed by atoms with Crippen LogP contribution in [0.1, 0.15) is 23.2 Å². The fourth-order valence-electron chi connectivity index (χ4n) is 2.69. The van der Waals surface area contributed by atoms with Crippen LogP contribution in [-0.4, -0.2) is 35.0 Å². The highest BCUT2D eigenvalue weighted by Gasteiger charge is 2.27. The number of likely N-dealkylation sites (tertiary alicyclic amines) is 1. The highest BCUT2D eigenvalue weighted by Crippen LogP contribution is 2.27. The molecular weight excluding hydrogens is 354 g/mol. The molecule has 126 valence electrons. The third kappa shape index (κ3) is 3.79. The van der Waals surface area contributed by atoms with Gasteiger partial charge in [0.25, 0.3) is 5.91 Å². The highest BCUT2D eigenvalue weighted by atomic mass is 35.5. The van der Waals surface area contributed by atoms with Gasteiger partial charge in [-0.2, -0.15) is 0 Å². The number of pyridine rings is 1. The van der Waals surface area contributed by atoms with E-state index in [-0.39, 0.29) is 17.0 Å². The smallest absolute Gasteiger partial charge is 0.255 e. The van der Waals surface area contributed by atoms with Crippen LogP contribution in [0.3, 0.4) is 0 Å². The molecule has 2 aromatic rings. The minimum Gasteiger partial charge on any atom is -0.487 e. The number of aromatic nitrogens is 1. The van der Waals surface area contributed by atoms with Crippen LogP contribution in [0.15, 0.2) is 36.7 Å². The first-order chi connectivity index (χ1) is 11.5. The Hall–Kier alpha value is -1.85. The Kier molecular flexibility index (Phi) is 5.21. The summed E-state index contributed by atoms with van der Waals surface area (Å²) < 4.78 is 19.0. The molecule has 7 heteroatoms. The number of halogens is 3. The Bertz CT molecular complexity index is 757. The van der Waals surface area contributed by atoms with Crippen LogP contribution in [0, 0.1) is 5.82 Å². The molecule has 1 aromatic heterocycles. The number of benzene rings is 1. The number of piperidine rings is 1. The van der Waals surface area contributed by atoms with E-state index >= 15 is 0 Å². The van der Waals surface area contributed by atoms with Crippen molar-refractivity contribution in [3.63, 3.8) is 0 Å². The molecule has 0 radical (unpaired) electrons. The standard InChI is InChI=1S/C17H15Cl2FN2O2/c18-14-8-11(20)3-4-13(14)17(23)22-7-1-2-12(10-22)24-16-5-6-21-9-15(16)19/h3-6,8-9,12H,1-2,7,10H2. The van der Waals surface area contributed by atoms with Crippen molar-refractivity contribution in [1.29, 1.82) is 0 Å². The van der Waals surface area contributed by atoms with E-state index in [9.17, 15) is 9.18 Å². The summed E-state index contributed by atoms with van der Waals surface area (Å²) in [5.74, 6) is -0.149. The molecule has 24 heavy (non-hydrogen) atoms. The van der Waals surface area contributed by atoms with E-state index in [1.165, 1.54) is 18.3 Å². The summed E-state index contributed by atoms with van der Waals surface area (Å²) in [6.45, 7) is 1.03. The average molecular weight is 369 g/mol. The predicted molar refractivity (Wildman–Crippen MR) is 90.2 cm³/mol. The highest BCUT2D eigenvalue weighted by molar-refractivity contribution is 6.33. The van der Waals surface area contributed by atoms with E-state index in [1.807, 2.05) is 0 Å². The van der Waals surface area contributed by atoms with Crippen LogP contribution in [0.25, 0.3) is 0 Å². The molecule has 4 nitrogen and oxygen atoms in total. The van der Waals surface area contributed by atoms with Crippen LogP contribution in [-0.2, 0) is 0 Å². The molecular formula is C17H15Cl2FN2O2. The molecule has 1 fully saturated rings. The summed E-state index contributed by atoms with van der Waals surface area (Å²) in [5, 5.41) is 0.544. The van der Waals surface area contributed by atoms with Crippen molar-refractivity contribution in [2.24, 2.45) is 0 Å². The molecule has 0 bridgehead atoms. The molecule has 1 unspecified atom stereocenters. The van der Waals surface area contributed by atoms with Crippen LogP contribution in [0.5, 0.6) is 5.75 Å². The van der Waals surface area contributed by atoms with Crippen molar-refractivity contribution in [1.82, 2.24) is 9.88 Å². The topological polar surface area (TPSA) is 42.4 Å². The van der Waals surface area contributed by atoms with E-state index in [1.54, 1.807) is 17.2 Å². The predicted octanol–water partition coefficient (Wildman–Crippen LogP) is 4.21. The lowest BCUT2D eigenvalue weighted by Gasteiger charge is -2.33. The molecule has 1 atom stereocenters. The minimum atomic E-state index is -0.469. The van der Waals surface area contributed by atoms with Gasteiger partial charge >= 0.3 is 0 Å². The van der Waals surface area contributed by atoms with Gasteiger partial charge in [0.1, 0.15) is 22.7 Å². The van der Waals surface area contributed by atoms with Gasteiger partial charge in [-0.05, 0) is 31.0 Å². The maximum atomic E-state index is 13.1. The van der Waals surface area contributed by atoms with Crippen molar-refractivity contribution in [3.8, 4) is 5.75 Å². The lowest BCUT2D eigenvalue weighted by Crippen LogP contribution is -2.44. The summed E-state index contributed by atoms with van der Waals surface area (Å²) in [7, 11) is 0. The van der Waals surface area contributed by atoms with Gasteiger partial charge in [0.15, 0.2) is 0 Å². The molecule has 0 N–H and O–H groups in total. The third-order valence-electron chi connectivity index (χ3n) is 3.86. The SMILES string of the molecule is O=C(c1ccc(F)cc1Cl)N1CCCC(Oc2ccncc2Cl)C1. The van der Waals surface area contributed by atoms with E-state index in [0.29, 0.717) is 29.4 Å². The Balaban J connectivity index is 1.71. The first-order valence-corrected chi connectivity index (χ1v) is 8.30. The average Bonchev–Trinajstić information content (AvgIpc) is 2.57. The summed E-state index contributed by atoms with van der Waals surface area (Å²) in [4.78, 5) is 18.2. The van der Waals surface area contributed by atoms with Gasteiger partial charge in [-0.3, -0.25) is 9.78 Å². The van der Waals surface area contributed by atoms with Gasteiger partial charge in [-0.15, -0.1) is 0 Å². The number of rotatable bonds is 3. The normalized spacial score (nSPS) is 17.6. The lowest BCUT2D eigenvalue weighted by atomic mass is 10.1. The zero-order valence-electron chi connectivity index (χ0n) is 12.7. The monoisotopic (exact) mass is 368 g/mol. The number of hydrogen-bond donors (Lipinski definition) is 0. The number of amides is 1. The van der Waals surface area contributed by atoms with Crippen LogP contribution in [0.4, 0.5) is 4.39 Å². The van der Waals surface area contributed by atoms with Gasteiger partial charge in [0.2, 0.25) is 0 Å². The number of carbonyl (C=O) groups excluding carboxylic acids is 1. The number of ether oxygens (including phenoxy) is 1. The molecule has 0 saturated carbocycles. The molecule has 0 aliphatic carbocycles.